The molecule has 0 aromatic rings. The van der Waals surface area contributed by atoms with Crippen LogP contribution in [0.25, 0.3) is 0 Å². The molecule has 1 unspecified atom stereocenters. The second kappa shape index (κ2) is 16.2. The number of rotatable bonds is 2. The maximum absolute atomic E-state index is 9.93. The number of carboxylic acid groups (broad SMARTS) is 1. The van der Waals surface area contributed by atoms with Gasteiger partial charge in [0.1, 0.15) is 0 Å². The van der Waals surface area contributed by atoms with Crippen LogP contribution in [0, 0.1) is 5.92 Å². The second-order valence-corrected chi connectivity index (χ2v) is 1.65. The van der Waals surface area contributed by atoms with Crippen molar-refractivity contribution in [2.24, 2.45) is 5.92 Å². The molecule has 0 saturated heterocycles. The average molecular weight is 166 g/mol. The fourth-order valence-corrected chi connectivity index (χ4v) is 0.175. The van der Waals surface area contributed by atoms with Gasteiger partial charge in [-0.2, -0.15) is 0 Å². The Morgan fingerprint density at radius 1 is 1.27 bits per heavy atom. The molecule has 0 heterocycles. The summed E-state index contributed by atoms with van der Waals surface area (Å²) in [4.78, 5) is 9.93. The van der Waals surface area contributed by atoms with Crippen molar-refractivity contribution in [2.75, 3.05) is 0 Å². The van der Waals surface area contributed by atoms with E-state index in [1.807, 2.05) is 6.92 Å². The third-order valence-corrected chi connectivity index (χ3v) is 1.03. The smallest absolute Gasteiger partial charge is 0.306 e. The number of hydrogen-bond acceptors (Lipinski definition) is 1. The molecule has 1 atom stereocenters. The predicted octanol–water partition coefficient (Wildman–Crippen LogP) is 3.66. The molecular weight excluding hydrogens is 140 g/mol. The summed E-state index contributed by atoms with van der Waals surface area (Å²) in [6.07, 6.45) is 0.718. The lowest BCUT2D eigenvalue weighted by molar-refractivity contribution is -0.141. The molecule has 0 aliphatic heterocycles. The fraction of sp³-hybridized carbons (Fsp3) is 0.889. The van der Waals surface area contributed by atoms with Crippen molar-refractivity contribution in [1.82, 2.24) is 0 Å². The van der Waals surface area contributed by atoms with E-state index >= 15 is 0 Å². The average Bonchev–Trinajstić information content (AvgIpc) is 1.65. The Morgan fingerprint density at radius 3 is 1.55 bits per heavy atom. The van der Waals surface area contributed by atoms with Crippen molar-refractivity contribution < 1.29 is 9.90 Å². The van der Waals surface area contributed by atoms with Crippen molar-refractivity contribution in [3.8, 4) is 0 Å². The van der Waals surface area contributed by atoms with Gasteiger partial charge in [0.25, 0.3) is 0 Å². The highest BCUT2D eigenvalue weighted by Crippen LogP contribution is 1.97. The zero-order chi connectivity index (χ0) is 5.86. The molecule has 11 heavy (non-hydrogen) atoms. The normalized spacial score (nSPS) is 8.55. The van der Waals surface area contributed by atoms with E-state index in [1.54, 1.807) is 6.92 Å². The molecule has 2 heteroatoms. The Labute approximate surface area is 72.6 Å². The molecule has 0 aliphatic rings. The van der Waals surface area contributed by atoms with Crippen LogP contribution < -0.4 is 0 Å². The van der Waals surface area contributed by atoms with Gasteiger partial charge in [-0.3, -0.25) is 4.79 Å². The van der Waals surface area contributed by atoms with Gasteiger partial charge in [0.05, 0.1) is 5.92 Å². The first-order chi connectivity index (χ1) is 3.18. The Balaban J connectivity index is -0.0000000300. The summed E-state index contributed by atoms with van der Waals surface area (Å²) in [7, 11) is 0. The molecule has 74 valence electrons. The van der Waals surface area contributed by atoms with E-state index in [-0.39, 0.29) is 35.6 Å². The minimum absolute atomic E-state index is 0. The van der Waals surface area contributed by atoms with Crippen molar-refractivity contribution in [3.63, 3.8) is 0 Å². The summed E-state index contributed by atoms with van der Waals surface area (Å²) in [5.74, 6) is -0.887. The molecule has 0 amide bonds. The molecule has 0 aromatic heterocycles. The molecule has 0 saturated carbocycles. The monoisotopic (exact) mass is 166 g/mol. The number of hydrogen-bond donors (Lipinski definition) is 1. The third-order valence-electron chi connectivity index (χ3n) is 1.03. The highest BCUT2D eigenvalue weighted by Gasteiger charge is 2.05. The van der Waals surface area contributed by atoms with Crippen LogP contribution in [-0.4, -0.2) is 11.1 Å². The van der Waals surface area contributed by atoms with Gasteiger partial charge in [0, 0.05) is 0 Å². The summed E-state index contributed by atoms with van der Waals surface area (Å²) >= 11 is 0. The van der Waals surface area contributed by atoms with Gasteiger partial charge in [-0.15, -0.1) is 0 Å². The van der Waals surface area contributed by atoms with Crippen LogP contribution in [0.5, 0.6) is 0 Å². The van der Waals surface area contributed by atoms with E-state index in [4.69, 9.17) is 5.11 Å². The van der Waals surface area contributed by atoms with Crippen molar-refractivity contribution in [3.05, 3.63) is 0 Å². The molecule has 0 spiro atoms. The lowest BCUT2D eigenvalue weighted by atomic mass is 10.1. The SMILES string of the molecule is C.C.C.C.CCC(C)C(=O)O. The van der Waals surface area contributed by atoms with Gasteiger partial charge in [-0.05, 0) is 6.42 Å². The van der Waals surface area contributed by atoms with E-state index in [1.165, 1.54) is 0 Å². The van der Waals surface area contributed by atoms with E-state index in [9.17, 15) is 4.79 Å². The molecule has 1 N–H and O–H groups in total. The zero-order valence-electron chi connectivity index (χ0n) is 4.64. The minimum Gasteiger partial charge on any atom is -0.481 e. The van der Waals surface area contributed by atoms with Gasteiger partial charge in [0.15, 0.2) is 0 Å². The van der Waals surface area contributed by atoms with Gasteiger partial charge >= 0.3 is 5.97 Å². The summed E-state index contributed by atoms with van der Waals surface area (Å²) in [6.45, 7) is 3.56. The summed E-state index contributed by atoms with van der Waals surface area (Å²) in [5.41, 5.74) is 0. The van der Waals surface area contributed by atoms with Crippen LogP contribution in [0.15, 0.2) is 0 Å². The molecular formula is C9H26O2. The van der Waals surface area contributed by atoms with E-state index in [0.717, 1.165) is 6.42 Å². The quantitative estimate of drug-likeness (QED) is 0.679. The Morgan fingerprint density at radius 2 is 1.55 bits per heavy atom. The predicted molar refractivity (Wildman–Crippen MR) is 54.0 cm³/mol. The molecule has 0 aromatic carbocycles. The number of carboxylic acids is 1. The third kappa shape index (κ3) is 17.7. The number of carbonyl (C=O) groups is 1. The number of aliphatic carboxylic acids is 1. The van der Waals surface area contributed by atoms with E-state index < -0.39 is 5.97 Å². The Kier molecular flexibility index (Phi) is 46.3. The van der Waals surface area contributed by atoms with Crippen LogP contribution >= 0.6 is 0 Å². The minimum atomic E-state index is -0.706. The van der Waals surface area contributed by atoms with Crippen LogP contribution in [0.1, 0.15) is 50.0 Å². The molecule has 2 nitrogen and oxygen atoms in total. The largest absolute Gasteiger partial charge is 0.481 e. The second-order valence-electron chi connectivity index (χ2n) is 1.65. The fourth-order valence-electron chi connectivity index (χ4n) is 0.175. The van der Waals surface area contributed by atoms with Gasteiger partial charge in [0.2, 0.25) is 0 Å². The zero-order valence-corrected chi connectivity index (χ0v) is 4.64. The van der Waals surface area contributed by atoms with Crippen LogP contribution in [0.4, 0.5) is 0 Å². The van der Waals surface area contributed by atoms with Crippen molar-refractivity contribution in [1.29, 1.82) is 0 Å². The van der Waals surface area contributed by atoms with Gasteiger partial charge in [-0.1, -0.05) is 43.6 Å². The summed E-state index contributed by atoms with van der Waals surface area (Å²) in [6, 6.07) is 0. The summed E-state index contributed by atoms with van der Waals surface area (Å²) < 4.78 is 0. The Hall–Kier alpha value is -0.530. The van der Waals surface area contributed by atoms with Crippen LogP contribution in [0.2, 0.25) is 0 Å². The van der Waals surface area contributed by atoms with Crippen LogP contribution in [0.3, 0.4) is 0 Å². The highest BCUT2D eigenvalue weighted by molar-refractivity contribution is 5.69. The highest BCUT2D eigenvalue weighted by atomic mass is 16.4. The Bertz CT molecular complexity index is 70.0. The molecule has 0 bridgehead atoms. The topological polar surface area (TPSA) is 37.3 Å². The first-order valence-corrected chi connectivity index (χ1v) is 2.41. The van der Waals surface area contributed by atoms with Gasteiger partial charge < -0.3 is 5.11 Å². The molecule has 0 fully saturated rings. The molecule has 0 aliphatic carbocycles. The van der Waals surface area contributed by atoms with Crippen molar-refractivity contribution >= 4 is 5.97 Å². The van der Waals surface area contributed by atoms with E-state index in [2.05, 4.69) is 0 Å². The lowest BCUT2D eigenvalue weighted by Crippen LogP contribution is -2.06. The maximum Gasteiger partial charge on any atom is 0.306 e. The lowest BCUT2D eigenvalue weighted by Gasteiger charge is -1.96. The standard InChI is InChI=1S/C5H10O2.4CH4/c1-3-4(2)5(6)7;;;;/h4H,3H2,1-2H3,(H,6,7);4*1H4. The molecule has 0 radical (unpaired) electrons. The first kappa shape index (κ1) is 31.4. The first-order valence-electron chi connectivity index (χ1n) is 2.41. The summed E-state index contributed by atoms with van der Waals surface area (Å²) in [5, 5.41) is 8.18. The van der Waals surface area contributed by atoms with Crippen molar-refractivity contribution in [2.45, 2.75) is 50.0 Å². The maximum atomic E-state index is 9.93. The van der Waals surface area contributed by atoms with Crippen LogP contribution in [-0.2, 0) is 4.79 Å². The van der Waals surface area contributed by atoms with Gasteiger partial charge in [-0.25, -0.2) is 0 Å². The van der Waals surface area contributed by atoms with E-state index in [0.29, 0.717) is 0 Å². The molecule has 0 rings (SSSR count).